The van der Waals surface area contributed by atoms with Gasteiger partial charge in [-0.25, -0.2) is 0 Å². The number of ketones is 1. The minimum Gasteiger partial charge on any atom is -0.489 e. The zero-order valence-electron chi connectivity index (χ0n) is 13.5. The molecule has 0 fully saturated rings. The molecule has 0 unspecified atom stereocenters. The zero-order valence-corrected chi connectivity index (χ0v) is 13.5. The monoisotopic (exact) mass is 316 g/mol. The molecule has 24 heavy (non-hydrogen) atoms. The Hall–Kier alpha value is -2.87. The Morgan fingerprint density at radius 2 is 1.25 bits per heavy atom. The molecule has 0 aliphatic heterocycles. The lowest BCUT2D eigenvalue weighted by Gasteiger charge is -2.08. The highest BCUT2D eigenvalue weighted by Gasteiger charge is 2.06. The number of Topliss-reactive ketones (excluding diaryl/α,β-unsaturated/α-hetero) is 1. The van der Waals surface area contributed by atoms with E-state index in [1.54, 1.807) is 0 Å². The Balaban J connectivity index is 1.57. The van der Waals surface area contributed by atoms with Crippen LogP contribution in [0.2, 0.25) is 0 Å². The van der Waals surface area contributed by atoms with Crippen molar-refractivity contribution in [2.75, 3.05) is 0 Å². The number of rotatable bonds is 7. The van der Waals surface area contributed by atoms with E-state index < -0.39 is 0 Å². The van der Waals surface area contributed by atoms with Crippen molar-refractivity contribution in [3.05, 3.63) is 102 Å². The molecule has 3 aromatic carbocycles. The van der Waals surface area contributed by atoms with Crippen molar-refractivity contribution in [1.29, 1.82) is 0 Å². The largest absolute Gasteiger partial charge is 0.489 e. The van der Waals surface area contributed by atoms with Crippen LogP contribution in [0, 0.1) is 0 Å². The molecule has 0 spiro atoms. The molecule has 2 heteroatoms. The van der Waals surface area contributed by atoms with Crippen molar-refractivity contribution in [2.24, 2.45) is 0 Å². The summed E-state index contributed by atoms with van der Waals surface area (Å²) in [5.41, 5.74) is 3.17. The molecule has 0 bridgehead atoms. The van der Waals surface area contributed by atoms with Crippen molar-refractivity contribution in [3.63, 3.8) is 0 Å². The van der Waals surface area contributed by atoms with Crippen molar-refractivity contribution < 1.29 is 9.53 Å². The fraction of sp³-hybridized carbons (Fsp3) is 0.136. The van der Waals surface area contributed by atoms with Crippen molar-refractivity contribution in [2.45, 2.75) is 19.4 Å². The van der Waals surface area contributed by atoms with Crippen LogP contribution in [-0.2, 0) is 24.2 Å². The third kappa shape index (κ3) is 4.82. The van der Waals surface area contributed by atoms with Crippen molar-refractivity contribution in [3.8, 4) is 5.75 Å². The first-order chi connectivity index (χ1) is 11.8. The summed E-state index contributed by atoms with van der Waals surface area (Å²) in [5.74, 6) is 1.00. The molecule has 3 rings (SSSR count). The molecule has 0 atom stereocenters. The molecule has 0 saturated heterocycles. The second-order valence-electron chi connectivity index (χ2n) is 5.80. The molecule has 0 aromatic heterocycles. The summed E-state index contributed by atoms with van der Waals surface area (Å²) in [6, 6.07) is 27.7. The summed E-state index contributed by atoms with van der Waals surface area (Å²) in [5, 5.41) is 0. The van der Waals surface area contributed by atoms with E-state index in [1.165, 1.54) is 0 Å². The Labute approximate surface area is 142 Å². The second kappa shape index (κ2) is 8.11. The van der Waals surface area contributed by atoms with Crippen molar-refractivity contribution >= 4 is 5.78 Å². The lowest BCUT2D eigenvalue weighted by Crippen LogP contribution is -2.06. The first-order valence-electron chi connectivity index (χ1n) is 8.11. The third-order valence-corrected chi connectivity index (χ3v) is 3.79. The maximum atomic E-state index is 12.2. The molecule has 0 heterocycles. The molecule has 0 aliphatic carbocycles. The average molecular weight is 316 g/mol. The molecule has 0 saturated carbocycles. The number of hydrogen-bond acceptors (Lipinski definition) is 2. The number of hydrogen-bond donors (Lipinski definition) is 0. The van der Waals surface area contributed by atoms with Crippen LogP contribution in [0.3, 0.4) is 0 Å². The molecule has 0 radical (unpaired) electrons. The van der Waals surface area contributed by atoms with E-state index in [0.717, 1.165) is 22.4 Å². The SMILES string of the molecule is O=C(Cc1ccccc1)Cc1cccc(OCc2ccccc2)c1. The van der Waals surface area contributed by atoms with Gasteiger partial charge >= 0.3 is 0 Å². The van der Waals surface area contributed by atoms with Crippen LogP contribution in [0.4, 0.5) is 0 Å². The first-order valence-corrected chi connectivity index (χ1v) is 8.11. The summed E-state index contributed by atoms with van der Waals surface area (Å²) in [6.45, 7) is 0.530. The lowest BCUT2D eigenvalue weighted by molar-refractivity contribution is -0.117. The highest BCUT2D eigenvalue weighted by atomic mass is 16.5. The van der Waals surface area contributed by atoms with E-state index >= 15 is 0 Å². The number of benzene rings is 3. The third-order valence-electron chi connectivity index (χ3n) is 3.79. The zero-order chi connectivity index (χ0) is 16.6. The first kappa shape index (κ1) is 16.0. The van der Waals surface area contributed by atoms with Gasteiger partial charge in [0.25, 0.3) is 0 Å². The van der Waals surface area contributed by atoms with Gasteiger partial charge in [0.2, 0.25) is 0 Å². The van der Waals surface area contributed by atoms with Gasteiger partial charge in [0.15, 0.2) is 0 Å². The van der Waals surface area contributed by atoms with E-state index in [2.05, 4.69) is 0 Å². The number of carbonyl (C=O) groups excluding carboxylic acids is 1. The average Bonchev–Trinajstić information content (AvgIpc) is 2.62. The Kier molecular flexibility index (Phi) is 5.41. The summed E-state index contributed by atoms with van der Waals surface area (Å²) in [6.07, 6.45) is 0.896. The van der Waals surface area contributed by atoms with Crippen LogP contribution in [0.15, 0.2) is 84.9 Å². The number of carbonyl (C=O) groups is 1. The quantitative estimate of drug-likeness (QED) is 0.636. The van der Waals surface area contributed by atoms with Gasteiger partial charge in [-0.15, -0.1) is 0 Å². The molecule has 3 aromatic rings. The van der Waals surface area contributed by atoms with E-state index in [9.17, 15) is 4.79 Å². The van der Waals surface area contributed by atoms with Crippen LogP contribution in [0.1, 0.15) is 16.7 Å². The van der Waals surface area contributed by atoms with Crippen LogP contribution in [-0.4, -0.2) is 5.78 Å². The smallest absolute Gasteiger partial charge is 0.141 e. The van der Waals surface area contributed by atoms with E-state index in [0.29, 0.717) is 19.4 Å². The Bertz CT molecular complexity index is 779. The van der Waals surface area contributed by atoms with Gasteiger partial charge in [0.1, 0.15) is 18.1 Å². The predicted molar refractivity (Wildman–Crippen MR) is 96.1 cm³/mol. The normalized spacial score (nSPS) is 10.3. The van der Waals surface area contributed by atoms with Crippen LogP contribution >= 0.6 is 0 Å². The Morgan fingerprint density at radius 1 is 0.667 bits per heavy atom. The van der Waals surface area contributed by atoms with Gasteiger partial charge in [0, 0.05) is 12.8 Å². The highest BCUT2D eigenvalue weighted by Crippen LogP contribution is 2.16. The van der Waals surface area contributed by atoms with Gasteiger partial charge < -0.3 is 4.74 Å². The molecule has 0 aliphatic rings. The molecule has 2 nitrogen and oxygen atoms in total. The minimum atomic E-state index is 0.210. The topological polar surface area (TPSA) is 26.3 Å². The summed E-state index contributed by atoms with van der Waals surface area (Å²) >= 11 is 0. The van der Waals surface area contributed by atoms with Gasteiger partial charge in [-0.2, -0.15) is 0 Å². The fourth-order valence-electron chi connectivity index (χ4n) is 2.60. The Morgan fingerprint density at radius 3 is 1.96 bits per heavy atom. The molecular formula is C22H20O2. The summed E-state index contributed by atoms with van der Waals surface area (Å²) in [7, 11) is 0. The number of ether oxygens (including phenoxy) is 1. The lowest BCUT2D eigenvalue weighted by atomic mass is 10.0. The van der Waals surface area contributed by atoms with Gasteiger partial charge in [-0.05, 0) is 28.8 Å². The van der Waals surface area contributed by atoms with Crippen LogP contribution in [0.25, 0.3) is 0 Å². The predicted octanol–water partition coefficient (Wildman–Crippen LogP) is 4.62. The molecule has 0 amide bonds. The van der Waals surface area contributed by atoms with E-state index in [-0.39, 0.29) is 5.78 Å². The van der Waals surface area contributed by atoms with Crippen LogP contribution in [0.5, 0.6) is 5.75 Å². The summed E-state index contributed by atoms with van der Waals surface area (Å²) < 4.78 is 5.82. The summed E-state index contributed by atoms with van der Waals surface area (Å²) in [4.78, 5) is 12.2. The van der Waals surface area contributed by atoms with E-state index in [1.807, 2.05) is 84.9 Å². The molecule has 0 N–H and O–H groups in total. The fourth-order valence-corrected chi connectivity index (χ4v) is 2.60. The van der Waals surface area contributed by atoms with Crippen molar-refractivity contribution in [1.82, 2.24) is 0 Å². The van der Waals surface area contributed by atoms with Gasteiger partial charge in [-0.1, -0.05) is 72.8 Å². The van der Waals surface area contributed by atoms with Gasteiger partial charge in [0.05, 0.1) is 0 Å². The maximum absolute atomic E-state index is 12.2. The minimum absolute atomic E-state index is 0.210. The highest BCUT2D eigenvalue weighted by molar-refractivity contribution is 5.83. The maximum Gasteiger partial charge on any atom is 0.141 e. The second-order valence-corrected chi connectivity index (χ2v) is 5.80. The molecular weight excluding hydrogens is 296 g/mol. The molecule has 120 valence electrons. The van der Waals surface area contributed by atoms with Crippen LogP contribution < -0.4 is 4.74 Å². The standard InChI is InChI=1S/C22H20O2/c23-21(14-18-8-3-1-4-9-18)15-20-12-7-13-22(16-20)24-17-19-10-5-2-6-11-19/h1-13,16H,14-15,17H2. The van der Waals surface area contributed by atoms with Gasteiger partial charge in [-0.3, -0.25) is 4.79 Å². The van der Waals surface area contributed by atoms with E-state index in [4.69, 9.17) is 4.74 Å².